The third-order valence-corrected chi connectivity index (χ3v) is 3.86. The number of benzene rings is 2. The maximum absolute atomic E-state index is 5.84. The molecule has 4 rings (SSSR count). The standard InChI is InChI=1S/C16H16N2O2/c17-14-3-2-12-8-18(9-13(12)6-14)7-11-1-4-15-16(5-11)20-10-19-15/h1-6H,7-10,17H2. The Morgan fingerprint density at radius 2 is 1.80 bits per heavy atom. The van der Waals surface area contributed by atoms with E-state index in [2.05, 4.69) is 29.2 Å². The Balaban J connectivity index is 1.51. The van der Waals surface area contributed by atoms with Crippen LogP contribution in [0.4, 0.5) is 5.69 Å². The highest BCUT2D eigenvalue weighted by molar-refractivity contribution is 5.47. The van der Waals surface area contributed by atoms with Crippen LogP contribution in [0.15, 0.2) is 36.4 Å². The predicted octanol–water partition coefficient (Wildman–Crippen LogP) is 2.51. The Kier molecular flexibility index (Phi) is 2.57. The molecule has 2 aromatic rings. The zero-order chi connectivity index (χ0) is 13.5. The molecular weight excluding hydrogens is 252 g/mol. The molecule has 2 N–H and O–H groups in total. The molecule has 0 fully saturated rings. The maximum atomic E-state index is 5.84. The molecule has 2 aliphatic rings. The smallest absolute Gasteiger partial charge is 0.231 e. The highest BCUT2D eigenvalue weighted by atomic mass is 16.7. The summed E-state index contributed by atoms with van der Waals surface area (Å²) in [5.41, 5.74) is 10.6. The van der Waals surface area contributed by atoms with Crippen molar-refractivity contribution in [1.82, 2.24) is 4.90 Å². The van der Waals surface area contributed by atoms with Crippen LogP contribution in [0.1, 0.15) is 16.7 Å². The van der Waals surface area contributed by atoms with Gasteiger partial charge in [-0.25, -0.2) is 0 Å². The van der Waals surface area contributed by atoms with Gasteiger partial charge in [0.2, 0.25) is 6.79 Å². The second-order valence-corrected chi connectivity index (χ2v) is 5.36. The van der Waals surface area contributed by atoms with E-state index in [-0.39, 0.29) is 0 Å². The molecule has 4 heteroatoms. The number of rotatable bonds is 2. The van der Waals surface area contributed by atoms with Crippen molar-refractivity contribution >= 4 is 5.69 Å². The lowest BCUT2D eigenvalue weighted by atomic mass is 10.1. The average molecular weight is 268 g/mol. The number of nitrogens with two attached hydrogens (primary N) is 1. The Labute approximate surface area is 117 Å². The van der Waals surface area contributed by atoms with Crippen molar-refractivity contribution in [1.29, 1.82) is 0 Å². The number of hydrogen-bond acceptors (Lipinski definition) is 4. The van der Waals surface area contributed by atoms with Gasteiger partial charge >= 0.3 is 0 Å². The quantitative estimate of drug-likeness (QED) is 0.850. The van der Waals surface area contributed by atoms with E-state index < -0.39 is 0 Å². The summed E-state index contributed by atoms with van der Waals surface area (Å²) in [6, 6.07) is 12.3. The summed E-state index contributed by atoms with van der Waals surface area (Å²) in [6.07, 6.45) is 0. The molecule has 0 spiro atoms. The van der Waals surface area contributed by atoms with Gasteiger partial charge in [0.05, 0.1) is 0 Å². The first-order chi connectivity index (χ1) is 9.78. The minimum atomic E-state index is 0.327. The van der Waals surface area contributed by atoms with Gasteiger partial charge in [0.1, 0.15) is 0 Å². The van der Waals surface area contributed by atoms with E-state index in [9.17, 15) is 0 Å². The normalized spacial score (nSPS) is 16.4. The largest absolute Gasteiger partial charge is 0.454 e. The monoisotopic (exact) mass is 268 g/mol. The van der Waals surface area contributed by atoms with Crippen LogP contribution in [-0.4, -0.2) is 11.7 Å². The van der Waals surface area contributed by atoms with Gasteiger partial charge in [-0.1, -0.05) is 12.1 Å². The highest BCUT2D eigenvalue weighted by Gasteiger charge is 2.20. The summed E-state index contributed by atoms with van der Waals surface area (Å²) in [7, 11) is 0. The maximum Gasteiger partial charge on any atom is 0.231 e. The molecular formula is C16H16N2O2. The number of fused-ring (bicyclic) bond motifs is 2. The van der Waals surface area contributed by atoms with E-state index in [0.29, 0.717) is 6.79 Å². The topological polar surface area (TPSA) is 47.7 Å². The molecule has 20 heavy (non-hydrogen) atoms. The van der Waals surface area contributed by atoms with Crippen LogP contribution in [0, 0.1) is 0 Å². The summed E-state index contributed by atoms with van der Waals surface area (Å²) >= 11 is 0. The van der Waals surface area contributed by atoms with Crippen LogP contribution in [0.25, 0.3) is 0 Å². The Morgan fingerprint density at radius 1 is 0.950 bits per heavy atom. The molecule has 0 atom stereocenters. The number of hydrogen-bond donors (Lipinski definition) is 1. The lowest BCUT2D eigenvalue weighted by Crippen LogP contribution is -2.15. The van der Waals surface area contributed by atoms with Crippen LogP contribution in [0.3, 0.4) is 0 Å². The molecule has 0 aliphatic carbocycles. The van der Waals surface area contributed by atoms with Crippen LogP contribution in [0.5, 0.6) is 11.5 Å². The van der Waals surface area contributed by atoms with Crippen LogP contribution < -0.4 is 15.2 Å². The molecule has 0 aromatic heterocycles. The van der Waals surface area contributed by atoms with Gasteiger partial charge < -0.3 is 15.2 Å². The molecule has 102 valence electrons. The molecule has 0 unspecified atom stereocenters. The summed E-state index contributed by atoms with van der Waals surface area (Å²) < 4.78 is 10.8. The van der Waals surface area contributed by atoms with Crippen LogP contribution >= 0.6 is 0 Å². The van der Waals surface area contributed by atoms with Gasteiger partial charge in [0, 0.05) is 25.3 Å². The minimum absolute atomic E-state index is 0.327. The van der Waals surface area contributed by atoms with Crippen LogP contribution in [0.2, 0.25) is 0 Å². The van der Waals surface area contributed by atoms with E-state index in [1.807, 2.05) is 12.1 Å². The average Bonchev–Trinajstić information content (AvgIpc) is 3.03. The molecule has 4 nitrogen and oxygen atoms in total. The van der Waals surface area contributed by atoms with Crippen molar-refractivity contribution in [2.75, 3.05) is 12.5 Å². The zero-order valence-electron chi connectivity index (χ0n) is 11.1. The molecule has 2 heterocycles. The molecule has 2 aliphatic heterocycles. The van der Waals surface area contributed by atoms with E-state index >= 15 is 0 Å². The van der Waals surface area contributed by atoms with Crippen molar-refractivity contribution in [3.05, 3.63) is 53.1 Å². The number of ether oxygens (including phenoxy) is 2. The fourth-order valence-electron chi connectivity index (χ4n) is 2.89. The highest BCUT2D eigenvalue weighted by Crippen LogP contribution is 2.33. The first kappa shape index (κ1) is 11.6. The molecule has 0 saturated carbocycles. The summed E-state index contributed by atoms with van der Waals surface area (Å²) in [4.78, 5) is 2.40. The van der Waals surface area contributed by atoms with Gasteiger partial charge in [-0.15, -0.1) is 0 Å². The zero-order valence-corrected chi connectivity index (χ0v) is 11.1. The second kappa shape index (κ2) is 4.42. The van der Waals surface area contributed by atoms with E-state index in [4.69, 9.17) is 15.2 Å². The SMILES string of the molecule is Nc1ccc2c(c1)CN(Cc1ccc3c(c1)OCO3)C2. The molecule has 0 saturated heterocycles. The molecule has 0 radical (unpaired) electrons. The van der Waals surface area contributed by atoms with Gasteiger partial charge in [-0.05, 0) is 41.0 Å². The number of nitrogen functional groups attached to an aromatic ring is 1. The molecule has 2 aromatic carbocycles. The summed E-state index contributed by atoms with van der Waals surface area (Å²) in [6.45, 7) is 3.16. The van der Waals surface area contributed by atoms with E-state index in [0.717, 1.165) is 36.8 Å². The van der Waals surface area contributed by atoms with Crippen molar-refractivity contribution in [2.45, 2.75) is 19.6 Å². The predicted molar refractivity (Wildman–Crippen MR) is 76.4 cm³/mol. The number of nitrogens with zero attached hydrogens (tertiary/aromatic N) is 1. The fourth-order valence-corrected chi connectivity index (χ4v) is 2.89. The molecule has 0 bridgehead atoms. The molecule has 0 amide bonds. The Morgan fingerprint density at radius 3 is 2.75 bits per heavy atom. The van der Waals surface area contributed by atoms with Gasteiger partial charge in [0.15, 0.2) is 11.5 Å². The summed E-state index contributed by atoms with van der Waals surface area (Å²) in [5, 5.41) is 0. The van der Waals surface area contributed by atoms with Crippen molar-refractivity contribution < 1.29 is 9.47 Å². The lowest BCUT2D eigenvalue weighted by molar-refractivity contribution is 0.174. The third-order valence-electron chi connectivity index (χ3n) is 3.86. The van der Waals surface area contributed by atoms with Crippen molar-refractivity contribution in [3.63, 3.8) is 0 Å². The van der Waals surface area contributed by atoms with E-state index in [1.54, 1.807) is 0 Å². The Bertz CT molecular complexity index is 670. The van der Waals surface area contributed by atoms with Crippen LogP contribution in [-0.2, 0) is 19.6 Å². The van der Waals surface area contributed by atoms with Gasteiger partial charge in [0.25, 0.3) is 0 Å². The minimum Gasteiger partial charge on any atom is -0.454 e. The lowest BCUT2D eigenvalue weighted by Gasteiger charge is -2.15. The van der Waals surface area contributed by atoms with Crippen molar-refractivity contribution in [2.24, 2.45) is 0 Å². The van der Waals surface area contributed by atoms with Gasteiger partial charge in [-0.2, -0.15) is 0 Å². The first-order valence-corrected chi connectivity index (χ1v) is 6.76. The summed E-state index contributed by atoms with van der Waals surface area (Å²) in [5.74, 6) is 1.69. The second-order valence-electron chi connectivity index (χ2n) is 5.36. The third kappa shape index (κ3) is 1.98. The fraction of sp³-hybridized carbons (Fsp3) is 0.250. The first-order valence-electron chi connectivity index (χ1n) is 6.76. The van der Waals surface area contributed by atoms with Gasteiger partial charge in [-0.3, -0.25) is 4.90 Å². The Hall–Kier alpha value is -2.20. The van der Waals surface area contributed by atoms with Crippen molar-refractivity contribution in [3.8, 4) is 11.5 Å². The number of anilines is 1. The van der Waals surface area contributed by atoms with E-state index in [1.165, 1.54) is 16.7 Å².